The Morgan fingerprint density at radius 3 is 2.50 bits per heavy atom. The number of hydrogen-bond donors (Lipinski definition) is 0. The van der Waals surface area contributed by atoms with E-state index in [1.807, 2.05) is 36.3 Å². The fraction of sp³-hybridized carbons (Fsp3) is 0.292. The Bertz CT molecular complexity index is 954. The monoisotopic (exact) mass is 374 g/mol. The Morgan fingerprint density at radius 1 is 1.04 bits per heavy atom. The molecule has 0 atom stereocenters. The topological polar surface area (TPSA) is 36.3 Å². The molecule has 0 saturated heterocycles. The number of aryl methyl sites for hydroxylation is 1. The molecule has 1 aromatic heterocycles. The standard InChI is InChI=1S/C24H26N2O2/c1-26-17-25-16-20(26)15-22(18-8-4-3-5-9-18)19-12-13-23(27-2)24(14-19)28-21-10-6-7-11-21/h3-5,8-9,12-17,21H,6-7,10-11H2,1-2H3/b22-15+. The molecule has 0 unspecified atom stereocenters. The normalized spacial score (nSPS) is 15.0. The van der Waals surface area contributed by atoms with Gasteiger partial charge in [0.15, 0.2) is 11.5 Å². The van der Waals surface area contributed by atoms with E-state index in [1.165, 1.54) is 12.8 Å². The number of methoxy groups -OCH3 is 1. The first-order chi connectivity index (χ1) is 13.7. The quantitative estimate of drug-likeness (QED) is 0.584. The van der Waals surface area contributed by atoms with E-state index in [0.29, 0.717) is 0 Å². The van der Waals surface area contributed by atoms with Crippen LogP contribution in [0.25, 0.3) is 11.6 Å². The lowest BCUT2D eigenvalue weighted by Crippen LogP contribution is -2.11. The van der Waals surface area contributed by atoms with Crippen molar-refractivity contribution in [1.29, 1.82) is 0 Å². The second kappa shape index (κ2) is 8.34. The zero-order valence-corrected chi connectivity index (χ0v) is 16.5. The molecule has 0 spiro atoms. The van der Waals surface area contributed by atoms with Crippen LogP contribution in [0.2, 0.25) is 0 Å². The van der Waals surface area contributed by atoms with Gasteiger partial charge in [0.25, 0.3) is 0 Å². The molecule has 1 aliphatic carbocycles. The molecular formula is C24H26N2O2. The van der Waals surface area contributed by atoms with Gasteiger partial charge in [0, 0.05) is 7.05 Å². The summed E-state index contributed by atoms with van der Waals surface area (Å²) in [6.45, 7) is 0. The molecule has 0 bridgehead atoms. The van der Waals surface area contributed by atoms with E-state index in [1.54, 1.807) is 7.11 Å². The second-order valence-corrected chi connectivity index (χ2v) is 7.24. The van der Waals surface area contributed by atoms with E-state index in [-0.39, 0.29) is 6.10 Å². The molecule has 0 N–H and O–H groups in total. The SMILES string of the molecule is COc1ccc(/C(=C/c2cncn2C)c2ccccc2)cc1OC1CCCC1. The van der Waals surface area contributed by atoms with Crippen molar-refractivity contribution < 1.29 is 9.47 Å². The number of ether oxygens (including phenoxy) is 2. The molecule has 0 radical (unpaired) electrons. The first-order valence-corrected chi connectivity index (χ1v) is 9.83. The van der Waals surface area contributed by atoms with Gasteiger partial charge in [-0.1, -0.05) is 36.4 Å². The molecular weight excluding hydrogens is 348 g/mol. The van der Waals surface area contributed by atoms with E-state index in [0.717, 1.165) is 46.7 Å². The van der Waals surface area contributed by atoms with Crippen LogP contribution in [-0.4, -0.2) is 22.8 Å². The highest BCUT2D eigenvalue weighted by Crippen LogP contribution is 2.36. The van der Waals surface area contributed by atoms with Gasteiger partial charge in [-0.2, -0.15) is 0 Å². The van der Waals surface area contributed by atoms with Gasteiger partial charge in [0.2, 0.25) is 0 Å². The van der Waals surface area contributed by atoms with Crippen molar-refractivity contribution >= 4 is 11.6 Å². The van der Waals surface area contributed by atoms with Crippen LogP contribution < -0.4 is 9.47 Å². The van der Waals surface area contributed by atoms with Gasteiger partial charge in [0.05, 0.1) is 31.4 Å². The van der Waals surface area contributed by atoms with Crippen molar-refractivity contribution in [2.75, 3.05) is 7.11 Å². The highest BCUT2D eigenvalue weighted by molar-refractivity contribution is 5.91. The third kappa shape index (κ3) is 3.96. The summed E-state index contributed by atoms with van der Waals surface area (Å²) >= 11 is 0. The van der Waals surface area contributed by atoms with E-state index in [9.17, 15) is 0 Å². The summed E-state index contributed by atoms with van der Waals surface area (Å²) in [6.07, 6.45) is 10.9. The summed E-state index contributed by atoms with van der Waals surface area (Å²) in [5.41, 5.74) is 4.43. The molecule has 1 aliphatic rings. The largest absolute Gasteiger partial charge is 0.493 e. The van der Waals surface area contributed by atoms with Crippen molar-refractivity contribution in [3.63, 3.8) is 0 Å². The molecule has 1 saturated carbocycles. The maximum atomic E-state index is 6.31. The summed E-state index contributed by atoms with van der Waals surface area (Å²) in [6, 6.07) is 16.6. The smallest absolute Gasteiger partial charge is 0.162 e. The van der Waals surface area contributed by atoms with Crippen molar-refractivity contribution in [1.82, 2.24) is 9.55 Å². The first-order valence-electron chi connectivity index (χ1n) is 9.83. The first kappa shape index (κ1) is 18.4. The summed E-state index contributed by atoms with van der Waals surface area (Å²) in [5.74, 6) is 1.60. The number of aromatic nitrogens is 2. The summed E-state index contributed by atoms with van der Waals surface area (Å²) in [4.78, 5) is 4.25. The lowest BCUT2D eigenvalue weighted by Gasteiger charge is -2.18. The average Bonchev–Trinajstić information content (AvgIpc) is 3.38. The maximum Gasteiger partial charge on any atom is 0.162 e. The molecule has 4 rings (SSSR count). The van der Waals surface area contributed by atoms with E-state index < -0.39 is 0 Å². The minimum atomic E-state index is 0.283. The molecule has 4 heteroatoms. The fourth-order valence-corrected chi connectivity index (χ4v) is 3.73. The third-order valence-corrected chi connectivity index (χ3v) is 5.30. The molecule has 28 heavy (non-hydrogen) atoms. The highest BCUT2D eigenvalue weighted by Gasteiger charge is 2.19. The maximum absolute atomic E-state index is 6.31. The predicted octanol–water partition coefficient (Wildman–Crippen LogP) is 5.34. The molecule has 1 fully saturated rings. The van der Waals surface area contributed by atoms with Crippen molar-refractivity contribution in [3.05, 3.63) is 77.9 Å². The number of nitrogens with zero attached hydrogens (tertiary/aromatic N) is 2. The number of imidazole rings is 1. The van der Waals surface area contributed by atoms with E-state index >= 15 is 0 Å². The average molecular weight is 374 g/mol. The van der Waals surface area contributed by atoms with Crippen molar-refractivity contribution in [2.24, 2.45) is 7.05 Å². The molecule has 1 heterocycles. The Kier molecular flexibility index (Phi) is 5.47. The van der Waals surface area contributed by atoms with Crippen LogP contribution in [0.1, 0.15) is 42.5 Å². The van der Waals surface area contributed by atoms with E-state index in [2.05, 4.69) is 47.5 Å². The van der Waals surface area contributed by atoms with Gasteiger partial charge in [-0.15, -0.1) is 0 Å². The Labute approximate surface area is 166 Å². The minimum absolute atomic E-state index is 0.283. The third-order valence-electron chi connectivity index (χ3n) is 5.30. The predicted molar refractivity (Wildman–Crippen MR) is 113 cm³/mol. The van der Waals surface area contributed by atoms with E-state index in [4.69, 9.17) is 9.47 Å². The zero-order chi connectivity index (χ0) is 19.3. The number of rotatable bonds is 6. The van der Waals surface area contributed by atoms with Crippen molar-refractivity contribution in [3.8, 4) is 11.5 Å². The number of benzene rings is 2. The molecule has 3 aromatic rings. The molecule has 0 amide bonds. The molecule has 0 aliphatic heterocycles. The second-order valence-electron chi connectivity index (χ2n) is 7.24. The minimum Gasteiger partial charge on any atom is -0.493 e. The molecule has 2 aromatic carbocycles. The molecule has 4 nitrogen and oxygen atoms in total. The van der Waals surface area contributed by atoms with Crippen LogP contribution in [0.3, 0.4) is 0 Å². The lowest BCUT2D eigenvalue weighted by atomic mass is 9.96. The van der Waals surface area contributed by atoms with Crippen LogP contribution in [0, 0.1) is 0 Å². The van der Waals surface area contributed by atoms with Gasteiger partial charge in [0.1, 0.15) is 0 Å². The van der Waals surface area contributed by atoms with Crippen LogP contribution in [-0.2, 0) is 7.05 Å². The molecule has 144 valence electrons. The van der Waals surface area contributed by atoms with Gasteiger partial charge in [-0.3, -0.25) is 0 Å². The number of hydrogen-bond acceptors (Lipinski definition) is 3. The van der Waals surface area contributed by atoms with Gasteiger partial charge in [-0.25, -0.2) is 4.98 Å². The highest BCUT2D eigenvalue weighted by atomic mass is 16.5. The van der Waals surface area contributed by atoms with Gasteiger partial charge in [-0.05, 0) is 60.6 Å². The van der Waals surface area contributed by atoms with Crippen LogP contribution in [0.5, 0.6) is 11.5 Å². The lowest BCUT2D eigenvalue weighted by molar-refractivity contribution is 0.201. The fourth-order valence-electron chi connectivity index (χ4n) is 3.73. The van der Waals surface area contributed by atoms with Gasteiger partial charge < -0.3 is 14.0 Å². The summed E-state index contributed by atoms with van der Waals surface area (Å²) in [5, 5.41) is 0. The van der Waals surface area contributed by atoms with Crippen molar-refractivity contribution in [2.45, 2.75) is 31.8 Å². The van der Waals surface area contributed by atoms with Crippen LogP contribution >= 0.6 is 0 Å². The van der Waals surface area contributed by atoms with Crippen LogP contribution in [0.15, 0.2) is 61.1 Å². The summed E-state index contributed by atoms with van der Waals surface area (Å²) in [7, 11) is 3.70. The Hall–Kier alpha value is -3.01. The Morgan fingerprint density at radius 2 is 1.82 bits per heavy atom. The zero-order valence-electron chi connectivity index (χ0n) is 16.5. The van der Waals surface area contributed by atoms with Gasteiger partial charge >= 0.3 is 0 Å². The summed E-state index contributed by atoms with van der Waals surface area (Å²) < 4.78 is 13.9. The Balaban J connectivity index is 1.77. The van der Waals surface area contributed by atoms with Crippen LogP contribution in [0.4, 0.5) is 0 Å².